The largest absolute Gasteiger partial charge is 0.386 e. The Labute approximate surface area is 123 Å². The van der Waals surface area contributed by atoms with Crippen LogP contribution in [0.5, 0.6) is 0 Å². The number of carbonyl (C=O) groups excluding carboxylic acids is 2. The number of nitrogens with one attached hydrogen (secondary N) is 2. The SMILES string of the molecule is Cc1ccc(NC(=O)/C=N\OCC(=O)NC2CC2)c(C)c1. The smallest absolute Gasteiger partial charge is 0.270 e. The van der Waals surface area contributed by atoms with Gasteiger partial charge in [0.25, 0.3) is 11.8 Å². The number of aryl methyl sites for hydroxylation is 2. The van der Waals surface area contributed by atoms with Crippen molar-refractivity contribution in [3.8, 4) is 0 Å². The van der Waals surface area contributed by atoms with E-state index in [9.17, 15) is 9.59 Å². The number of carbonyl (C=O) groups is 2. The topological polar surface area (TPSA) is 79.8 Å². The average molecular weight is 289 g/mol. The average Bonchev–Trinajstić information content (AvgIpc) is 3.22. The Hall–Kier alpha value is -2.37. The van der Waals surface area contributed by atoms with Gasteiger partial charge in [-0.1, -0.05) is 22.9 Å². The van der Waals surface area contributed by atoms with Crippen LogP contribution in [0.15, 0.2) is 23.4 Å². The number of rotatable bonds is 6. The highest BCUT2D eigenvalue weighted by Gasteiger charge is 2.23. The Morgan fingerprint density at radius 3 is 2.81 bits per heavy atom. The number of hydrogen-bond acceptors (Lipinski definition) is 4. The Morgan fingerprint density at radius 1 is 1.38 bits per heavy atom. The zero-order valence-corrected chi connectivity index (χ0v) is 12.2. The lowest BCUT2D eigenvalue weighted by Crippen LogP contribution is -2.28. The van der Waals surface area contributed by atoms with Crippen LogP contribution in [0.4, 0.5) is 5.69 Å². The van der Waals surface area contributed by atoms with Gasteiger partial charge in [0, 0.05) is 11.7 Å². The number of hydrogen-bond donors (Lipinski definition) is 2. The van der Waals surface area contributed by atoms with Crippen LogP contribution < -0.4 is 10.6 Å². The van der Waals surface area contributed by atoms with Crippen molar-refractivity contribution in [1.29, 1.82) is 0 Å². The highest BCUT2D eigenvalue weighted by atomic mass is 16.6. The van der Waals surface area contributed by atoms with Crippen molar-refractivity contribution in [1.82, 2.24) is 5.32 Å². The second-order valence-corrected chi connectivity index (χ2v) is 5.16. The van der Waals surface area contributed by atoms with E-state index in [1.54, 1.807) is 0 Å². The summed E-state index contributed by atoms with van der Waals surface area (Å²) in [5.74, 6) is -0.617. The first-order valence-corrected chi connectivity index (χ1v) is 6.87. The van der Waals surface area contributed by atoms with Crippen molar-refractivity contribution in [3.63, 3.8) is 0 Å². The molecule has 1 aliphatic carbocycles. The summed E-state index contributed by atoms with van der Waals surface area (Å²) >= 11 is 0. The molecule has 2 N–H and O–H groups in total. The van der Waals surface area contributed by atoms with Gasteiger partial charge in [-0.25, -0.2) is 0 Å². The fourth-order valence-corrected chi connectivity index (χ4v) is 1.80. The second kappa shape index (κ2) is 6.88. The summed E-state index contributed by atoms with van der Waals surface area (Å²) in [6, 6.07) is 6.02. The van der Waals surface area contributed by atoms with Gasteiger partial charge >= 0.3 is 0 Å². The molecule has 2 rings (SSSR count). The molecule has 0 spiro atoms. The van der Waals surface area contributed by atoms with E-state index >= 15 is 0 Å². The van der Waals surface area contributed by atoms with Crippen molar-refractivity contribution in [3.05, 3.63) is 29.3 Å². The normalized spacial score (nSPS) is 14.0. The zero-order valence-electron chi connectivity index (χ0n) is 12.2. The minimum atomic E-state index is -0.399. The van der Waals surface area contributed by atoms with Gasteiger partial charge in [-0.15, -0.1) is 0 Å². The van der Waals surface area contributed by atoms with Crippen molar-refractivity contribution in [2.75, 3.05) is 11.9 Å². The van der Waals surface area contributed by atoms with Gasteiger partial charge in [-0.3, -0.25) is 9.59 Å². The van der Waals surface area contributed by atoms with Crippen molar-refractivity contribution in [2.45, 2.75) is 32.7 Å². The van der Waals surface area contributed by atoms with Gasteiger partial charge in [-0.05, 0) is 38.3 Å². The quantitative estimate of drug-likeness (QED) is 0.615. The number of amides is 2. The van der Waals surface area contributed by atoms with Crippen LogP contribution in [0, 0.1) is 13.8 Å². The van der Waals surface area contributed by atoms with Gasteiger partial charge in [0.1, 0.15) is 6.21 Å². The summed E-state index contributed by atoms with van der Waals surface area (Å²) in [6.45, 7) is 3.73. The Kier molecular flexibility index (Phi) is 4.92. The molecule has 0 aliphatic heterocycles. The van der Waals surface area contributed by atoms with Crippen molar-refractivity contribution in [2.24, 2.45) is 5.16 Å². The van der Waals surface area contributed by atoms with E-state index in [0.717, 1.165) is 35.9 Å². The zero-order chi connectivity index (χ0) is 15.2. The highest BCUT2D eigenvalue weighted by Crippen LogP contribution is 2.18. The molecule has 6 nitrogen and oxygen atoms in total. The molecule has 0 atom stereocenters. The van der Waals surface area contributed by atoms with Gasteiger partial charge in [-0.2, -0.15) is 0 Å². The first kappa shape index (κ1) is 15.0. The van der Waals surface area contributed by atoms with Crippen LogP contribution in [-0.2, 0) is 14.4 Å². The molecule has 21 heavy (non-hydrogen) atoms. The molecule has 0 heterocycles. The molecular weight excluding hydrogens is 270 g/mol. The first-order chi connectivity index (χ1) is 10.0. The van der Waals surface area contributed by atoms with Crippen LogP contribution in [0.2, 0.25) is 0 Å². The molecule has 1 fully saturated rings. The molecule has 1 aromatic rings. The molecule has 0 unspecified atom stereocenters. The molecule has 0 radical (unpaired) electrons. The van der Waals surface area contributed by atoms with Crippen molar-refractivity contribution < 1.29 is 14.4 Å². The van der Waals surface area contributed by atoms with Crippen LogP contribution in [0.3, 0.4) is 0 Å². The third kappa shape index (κ3) is 5.25. The number of nitrogens with zero attached hydrogens (tertiary/aromatic N) is 1. The molecule has 1 saturated carbocycles. The van der Waals surface area contributed by atoms with Gasteiger partial charge in [0.05, 0.1) is 0 Å². The van der Waals surface area contributed by atoms with Crippen LogP contribution >= 0.6 is 0 Å². The predicted octanol–water partition coefficient (Wildman–Crippen LogP) is 1.52. The minimum Gasteiger partial charge on any atom is -0.386 e. The van der Waals surface area contributed by atoms with E-state index in [1.165, 1.54) is 0 Å². The van der Waals surface area contributed by atoms with E-state index in [-0.39, 0.29) is 18.6 Å². The Balaban J connectivity index is 1.72. The summed E-state index contributed by atoms with van der Waals surface area (Å²) in [7, 11) is 0. The molecule has 0 bridgehead atoms. The number of oxime groups is 1. The second-order valence-electron chi connectivity index (χ2n) is 5.16. The molecular formula is C15H19N3O3. The summed E-state index contributed by atoms with van der Waals surface area (Å²) in [6.07, 6.45) is 3.06. The predicted molar refractivity (Wildman–Crippen MR) is 80.2 cm³/mol. The molecule has 0 aromatic heterocycles. The minimum absolute atomic E-state index is 0.177. The Bertz CT molecular complexity index is 565. The highest BCUT2D eigenvalue weighted by molar-refractivity contribution is 6.31. The van der Waals surface area contributed by atoms with Gasteiger partial charge in [0.15, 0.2) is 6.61 Å². The van der Waals surface area contributed by atoms with E-state index in [4.69, 9.17) is 4.84 Å². The third-order valence-corrected chi connectivity index (χ3v) is 3.02. The van der Waals surface area contributed by atoms with Crippen LogP contribution in [0.25, 0.3) is 0 Å². The lowest BCUT2D eigenvalue weighted by molar-refractivity contribution is -0.126. The lowest BCUT2D eigenvalue weighted by Gasteiger charge is -2.06. The standard InChI is InChI=1S/C15H19N3O3/c1-10-3-6-13(11(2)7-10)18-14(19)8-16-21-9-15(20)17-12-4-5-12/h3,6-8,12H,4-5,9H2,1-2H3,(H,17,20)(H,18,19)/b16-8-. The van der Waals surface area contributed by atoms with E-state index in [0.29, 0.717) is 0 Å². The summed E-state index contributed by atoms with van der Waals surface area (Å²) in [4.78, 5) is 27.7. The molecule has 1 aliphatic rings. The van der Waals surface area contributed by atoms with E-state index < -0.39 is 5.91 Å². The number of benzene rings is 1. The third-order valence-electron chi connectivity index (χ3n) is 3.02. The molecule has 0 saturated heterocycles. The molecule has 112 valence electrons. The van der Waals surface area contributed by atoms with E-state index in [1.807, 2.05) is 32.0 Å². The molecule has 2 amide bonds. The maximum Gasteiger partial charge on any atom is 0.270 e. The Morgan fingerprint density at radius 2 is 2.14 bits per heavy atom. The maximum absolute atomic E-state index is 11.6. The van der Waals surface area contributed by atoms with Crippen molar-refractivity contribution >= 4 is 23.7 Å². The summed E-state index contributed by atoms with van der Waals surface area (Å²) in [5.41, 5.74) is 2.83. The van der Waals surface area contributed by atoms with Gasteiger partial charge in [0.2, 0.25) is 0 Å². The monoisotopic (exact) mass is 289 g/mol. The van der Waals surface area contributed by atoms with Gasteiger partial charge < -0.3 is 15.5 Å². The molecule has 6 heteroatoms. The molecule has 1 aromatic carbocycles. The fraction of sp³-hybridized carbons (Fsp3) is 0.400. The fourth-order valence-electron chi connectivity index (χ4n) is 1.80. The summed E-state index contributed by atoms with van der Waals surface area (Å²) < 4.78 is 0. The van der Waals surface area contributed by atoms with E-state index in [2.05, 4.69) is 15.8 Å². The summed E-state index contributed by atoms with van der Waals surface area (Å²) in [5, 5.41) is 8.94. The number of anilines is 1. The lowest BCUT2D eigenvalue weighted by atomic mass is 10.1. The van der Waals surface area contributed by atoms with Crippen LogP contribution in [0.1, 0.15) is 24.0 Å². The maximum atomic E-state index is 11.6. The first-order valence-electron chi connectivity index (χ1n) is 6.87. The van der Waals surface area contributed by atoms with Crippen LogP contribution in [-0.4, -0.2) is 30.7 Å².